The summed E-state index contributed by atoms with van der Waals surface area (Å²) in [7, 11) is 3.12. The fraction of sp³-hybridized carbons (Fsp3) is 0.115. The van der Waals surface area contributed by atoms with Gasteiger partial charge in [-0.2, -0.15) is 13.2 Å². The van der Waals surface area contributed by atoms with Gasteiger partial charge in [-0.25, -0.2) is 0 Å². The summed E-state index contributed by atoms with van der Waals surface area (Å²) in [6.07, 6.45) is -2.79. The van der Waals surface area contributed by atoms with Crippen LogP contribution in [0.5, 0.6) is 23.0 Å². The second kappa shape index (κ2) is 9.69. The zero-order valence-electron chi connectivity index (χ0n) is 19.6. The van der Waals surface area contributed by atoms with E-state index in [1.54, 1.807) is 62.9 Å². The molecule has 8 nitrogen and oxygen atoms in total. The molecule has 2 heterocycles. The Labute approximate surface area is 209 Å². The van der Waals surface area contributed by atoms with Gasteiger partial charge in [-0.3, -0.25) is 4.98 Å². The predicted molar refractivity (Wildman–Crippen MR) is 131 cm³/mol. The van der Waals surface area contributed by atoms with Crippen molar-refractivity contribution in [3.05, 3.63) is 78.5 Å². The number of pyridine rings is 1. The molecule has 0 spiro atoms. The van der Waals surface area contributed by atoms with Crippen molar-refractivity contribution < 1.29 is 27.4 Å². The molecule has 2 N–H and O–H groups in total. The van der Waals surface area contributed by atoms with Crippen LogP contribution in [-0.4, -0.2) is 34.4 Å². The van der Waals surface area contributed by atoms with Gasteiger partial charge in [0.15, 0.2) is 17.3 Å². The molecule has 3 aromatic carbocycles. The molecule has 188 valence electrons. The summed E-state index contributed by atoms with van der Waals surface area (Å²) in [4.78, 5) is 7.34. The van der Waals surface area contributed by atoms with Crippen molar-refractivity contribution in [3.8, 4) is 34.4 Å². The van der Waals surface area contributed by atoms with Crippen LogP contribution in [0.4, 0.5) is 24.8 Å². The van der Waals surface area contributed by atoms with Gasteiger partial charge < -0.3 is 24.5 Å². The molecule has 0 aliphatic carbocycles. The Kier molecular flexibility index (Phi) is 6.26. The molecule has 0 amide bonds. The van der Waals surface area contributed by atoms with Crippen LogP contribution in [-0.2, 0) is 6.18 Å². The van der Waals surface area contributed by atoms with E-state index in [1.807, 2.05) is 0 Å². The maximum absolute atomic E-state index is 13.0. The molecule has 0 fully saturated rings. The van der Waals surface area contributed by atoms with Crippen LogP contribution in [0.25, 0.3) is 22.3 Å². The summed E-state index contributed by atoms with van der Waals surface area (Å²) in [5.74, 6) is 2.94. The second-order valence-electron chi connectivity index (χ2n) is 7.89. The molecule has 0 saturated heterocycles. The standard InChI is InChI=1S/C26H20F3N5O3/c1-35-22-13-19-20(14-23(22)36-2)30-11-10-21(19)37-18-8-6-15(7-9-18)24-32-25(34-33-24)31-17-5-3-4-16(12-17)26(27,28)29/h3-14H,1-2H3,(H2,31,32,33,34). The lowest BCUT2D eigenvalue weighted by atomic mass is 10.1. The average Bonchev–Trinajstić information content (AvgIpc) is 3.36. The van der Waals surface area contributed by atoms with Crippen molar-refractivity contribution in [2.24, 2.45) is 0 Å². The topological polar surface area (TPSA) is 94.2 Å². The van der Waals surface area contributed by atoms with Gasteiger partial charge in [-0.1, -0.05) is 6.07 Å². The predicted octanol–water partition coefficient (Wildman–Crippen LogP) is 6.59. The molecular formula is C26H20F3N5O3. The van der Waals surface area contributed by atoms with E-state index >= 15 is 0 Å². The molecule has 37 heavy (non-hydrogen) atoms. The minimum atomic E-state index is -4.43. The van der Waals surface area contributed by atoms with E-state index < -0.39 is 11.7 Å². The normalized spacial score (nSPS) is 11.4. The number of anilines is 2. The first-order valence-electron chi connectivity index (χ1n) is 11.0. The zero-order chi connectivity index (χ0) is 26.0. The van der Waals surface area contributed by atoms with Gasteiger partial charge in [0, 0.05) is 28.9 Å². The molecule has 0 saturated carbocycles. The summed E-state index contributed by atoms with van der Waals surface area (Å²) in [6, 6.07) is 17.3. The Balaban J connectivity index is 1.33. The number of aromatic amines is 1. The molecule has 0 aliphatic heterocycles. The zero-order valence-corrected chi connectivity index (χ0v) is 19.6. The van der Waals surface area contributed by atoms with E-state index in [9.17, 15) is 13.2 Å². The molecule has 0 atom stereocenters. The van der Waals surface area contributed by atoms with Crippen molar-refractivity contribution >= 4 is 22.5 Å². The third-order valence-electron chi connectivity index (χ3n) is 5.50. The number of halogens is 3. The smallest absolute Gasteiger partial charge is 0.416 e. The van der Waals surface area contributed by atoms with E-state index in [2.05, 4.69) is 25.5 Å². The highest BCUT2D eigenvalue weighted by atomic mass is 19.4. The largest absolute Gasteiger partial charge is 0.493 e. The molecule has 2 aromatic heterocycles. The second-order valence-corrected chi connectivity index (χ2v) is 7.89. The number of fused-ring (bicyclic) bond motifs is 1. The fourth-order valence-corrected chi connectivity index (χ4v) is 3.70. The van der Waals surface area contributed by atoms with Crippen molar-refractivity contribution in [3.63, 3.8) is 0 Å². The third-order valence-corrected chi connectivity index (χ3v) is 5.50. The average molecular weight is 507 g/mol. The quantitative estimate of drug-likeness (QED) is 0.257. The number of nitrogens with zero attached hydrogens (tertiary/aromatic N) is 3. The lowest BCUT2D eigenvalue weighted by Gasteiger charge is -2.12. The van der Waals surface area contributed by atoms with Gasteiger partial charge in [0.2, 0.25) is 5.95 Å². The van der Waals surface area contributed by atoms with Crippen LogP contribution >= 0.6 is 0 Å². The van der Waals surface area contributed by atoms with E-state index in [0.717, 1.165) is 17.5 Å². The number of aromatic nitrogens is 4. The van der Waals surface area contributed by atoms with Crippen molar-refractivity contribution in [1.29, 1.82) is 0 Å². The van der Waals surface area contributed by atoms with E-state index in [-0.39, 0.29) is 11.6 Å². The minimum Gasteiger partial charge on any atom is -0.493 e. The molecule has 0 unspecified atom stereocenters. The number of H-pyrrole nitrogens is 1. The monoisotopic (exact) mass is 507 g/mol. The van der Waals surface area contributed by atoms with Crippen LogP contribution in [0.15, 0.2) is 72.9 Å². The fourth-order valence-electron chi connectivity index (χ4n) is 3.70. The molecule has 0 bridgehead atoms. The molecule has 0 radical (unpaired) electrons. The van der Waals surface area contributed by atoms with Crippen LogP contribution in [0.2, 0.25) is 0 Å². The van der Waals surface area contributed by atoms with Gasteiger partial charge in [0.05, 0.1) is 25.3 Å². The highest BCUT2D eigenvalue weighted by molar-refractivity contribution is 5.88. The summed E-state index contributed by atoms with van der Waals surface area (Å²) in [5, 5.41) is 11.6. The first-order valence-corrected chi connectivity index (χ1v) is 11.0. The number of ether oxygens (including phenoxy) is 3. The van der Waals surface area contributed by atoms with Crippen LogP contribution in [0, 0.1) is 0 Å². The Hall–Kier alpha value is -4.80. The number of alkyl halides is 3. The number of hydrogen-bond acceptors (Lipinski definition) is 7. The number of hydrogen-bond donors (Lipinski definition) is 2. The first kappa shape index (κ1) is 23.9. The van der Waals surface area contributed by atoms with Gasteiger partial charge in [-0.05, 0) is 54.6 Å². The molecule has 11 heteroatoms. The van der Waals surface area contributed by atoms with Crippen LogP contribution < -0.4 is 19.5 Å². The maximum Gasteiger partial charge on any atom is 0.416 e. The number of benzene rings is 3. The van der Waals surface area contributed by atoms with Crippen molar-refractivity contribution in [1.82, 2.24) is 20.2 Å². The van der Waals surface area contributed by atoms with Crippen molar-refractivity contribution in [2.75, 3.05) is 19.5 Å². The summed E-state index contributed by atoms with van der Waals surface area (Å²) in [5.41, 5.74) is 0.879. The summed E-state index contributed by atoms with van der Waals surface area (Å²) < 4.78 is 55.7. The molecule has 5 rings (SSSR count). The Morgan fingerprint density at radius 1 is 0.838 bits per heavy atom. The number of rotatable bonds is 7. The molecule has 0 aliphatic rings. The van der Waals surface area contributed by atoms with Crippen LogP contribution in [0.3, 0.4) is 0 Å². The van der Waals surface area contributed by atoms with E-state index in [1.165, 1.54) is 12.1 Å². The third kappa shape index (κ3) is 5.10. The Morgan fingerprint density at radius 2 is 1.59 bits per heavy atom. The Morgan fingerprint density at radius 3 is 2.32 bits per heavy atom. The van der Waals surface area contributed by atoms with E-state index in [0.29, 0.717) is 39.9 Å². The lowest BCUT2D eigenvalue weighted by molar-refractivity contribution is -0.137. The van der Waals surface area contributed by atoms with Gasteiger partial charge in [0.1, 0.15) is 11.5 Å². The summed E-state index contributed by atoms with van der Waals surface area (Å²) >= 11 is 0. The van der Waals surface area contributed by atoms with E-state index in [4.69, 9.17) is 14.2 Å². The van der Waals surface area contributed by atoms with Crippen LogP contribution in [0.1, 0.15) is 5.56 Å². The molecule has 5 aromatic rings. The number of nitrogens with one attached hydrogen (secondary N) is 2. The highest BCUT2D eigenvalue weighted by Crippen LogP contribution is 2.37. The SMILES string of the molecule is COc1cc2nccc(Oc3ccc(-c4nnc(Nc5cccc(C(F)(F)F)c5)[nH]4)cc3)c2cc1OC. The molecular weight excluding hydrogens is 487 g/mol. The van der Waals surface area contributed by atoms with Crippen molar-refractivity contribution in [2.45, 2.75) is 6.18 Å². The Bertz CT molecular complexity index is 1550. The summed E-state index contributed by atoms with van der Waals surface area (Å²) in [6.45, 7) is 0. The maximum atomic E-state index is 13.0. The van der Waals surface area contributed by atoms with Gasteiger partial charge >= 0.3 is 6.18 Å². The first-order chi connectivity index (χ1) is 17.8. The van der Waals surface area contributed by atoms with Gasteiger partial charge in [0.25, 0.3) is 0 Å². The lowest BCUT2D eigenvalue weighted by Crippen LogP contribution is -2.05. The minimum absolute atomic E-state index is 0.210. The highest BCUT2D eigenvalue weighted by Gasteiger charge is 2.30. The van der Waals surface area contributed by atoms with Gasteiger partial charge in [-0.15, -0.1) is 10.2 Å². The number of methoxy groups -OCH3 is 2.